The van der Waals surface area contributed by atoms with Crippen LogP contribution in [0.2, 0.25) is 0 Å². The summed E-state index contributed by atoms with van der Waals surface area (Å²) in [6.07, 6.45) is -5.51. The Labute approximate surface area is 324 Å². The Kier molecular flexibility index (Phi) is 13.3. The summed E-state index contributed by atoms with van der Waals surface area (Å²) >= 11 is 0. The molecule has 11 N–H and O–H groups in total. The number of nitrogens with one attached hydrogen (secondary N) is 2. The number of rotatable bonds is 22. The summed E-state index contributed by atoms with van der Waals surface area (Å²) in [6.45, 7) is 8.57. The number of ether oxygens (including phenoxy) is 1. The number of nitrogens with zero attached hydrogens (tertiary/aromatic N) is 1. The van der Waals surface area contributed by atoms with Crippen molar-refractivity contribution in [1.29, 1.82) is 0 Å². The highest BCUT2D eigenvalue weighted by Gasteiger charge is 2.33. The summed E-state index contributed by atoms with van der Waals surface area (Å²) in [5, 5.41) is 15.4. The lowest BCUT2D eigenvalue weighted by atomic mass is 9.86. The van der Waals surface area contributed by atoms with Gasteiger partial charge in [-0.1, -0.05) is 30.2 Å². The number of ketones is 2. The van der Waals surface area contributed by atoms with E-state index < -0.39 is 114 Å². The molecule has 0 fully saturated rings. The van der Waals surface area contributed by atoms with Gasteiger partial charge in [-0.2, -0.15) is 0 Å². The molecule has 0 aromatic heterocycles. The first-order valence-corrected chi connectivity index (χ1v) is 17.4. The van der Waals surface area contributed by atoms with Crippen molar-refractivity contribution < 1.29 is 44.8 Å². The molecule has 14 heteroatoms. The van der Waals surface area contributed by atoms with Gasteiger partial charge in [0.15, 0.2) is 17.5 Å². The molecule has 2 rings (SSSR count). The van der Waals surface area contributed by atoms with E-state index in [9.17, 15) is 29.1 Å². The number of alkyl carbamates (subject to hydrolysis) is 1. The predicted molar refractivity (Wildman–Crippen MR) is 205 cm³/mol. The first-order chi connectivity index (χ1) is 28.1. The Morgan fingerprint density at radius 3 is 2.08 bits per heavy atom. The lowest BCUT2D eigenvalue weighted by Crippen LogP contribution is -2.48. The SMILES string of the molecule is [2H]c1c([2H])c([2H])c(C([2H])([2H])[C@]([2H])(CC(=O)[C@H](CCCCN)NC(=O)[C@@H](CC(=O)[C@@H](CCCN=C(N)N)NC(=O)OC(C)(C)C)Cc2c(C)cc(O)cc2C)C(N)=O)c([2H])c1[2H]. The van der Waals surface area contributed by atoms with Crippen LogP contribution in [0.25, 0.3) is 0 Å². The van der Waals surface area contributed by atoms with Crippen LogP contribution in [0.1, 0.15) is 98.9 Å². The number of carbonyl (C=O) groups is 5. The van der Waals surface area contributed by atoms with Gasteiger partial charge in [-0.25, -0.2) is 4.79 Å². The van der Waals surface area contributed by atoms with E-state index in [1.807, 2.05) is 0 Å². The van der Waals surface area contributed by atoms with E-state index >= 15 is 0 Å². The zero-order chi connectivity index (χ0) is 46.8. The molecule has 0 unspecified atom stereocenters. The van der Waals surface area contributed by atoms with Crippen LogP contribution in [0.15, 0.2) is 47.3 Å². The van der Waals surface area contributed by atoms with Gasteiger partial charge in [0.05, 0.1) is 18.9 Å². The standard InChI is InChI=1S/C39H59N7O7/c1-24-18-29(47)19-25(2)30(24)21-28(23-34(49)32(15-11-17-44-37(42)43)46-38(52)53-39(3,4)5)36(51)45-31(14-9-10-16-40)33(48)22-27(35(41)50)20-26-12-7-6-8-13-26/h6-8,12-13,18-19,27-28,31-32,47H,9-11,14-17,20-23,40H2,1-5H3,(H2,41,50)(H,45,51)(H,46,52)(H4,42,43,44)/t27-,28-,31+,32-/m1/s1/i6D,7D,8D,12D,13D,20D2,27D. The van der Waals surface area contributed by atoms with E-state index in [4.69, 9.17) is 38.6 Å². The maximum absolute atomic E-state index is 14.4. The van der Waals surface area contributed by atoms with Crippen molar-refractivity contribution in [2.24, 2.45) is 39.7 Å². The Hall–Kier alpha value is -4.98. The maximum atomic E-state index is 14.4. The molecule has 53 heavy (non-hydrogen) atoms. The summed E-state index contributed by atoms with van der Waals surface area (Å²) in [7, 11) is 0. The number of guanidine groups is 1. The van der Waals surface area contributed by atoms with E-state index in [0.717, 1.165) is 0 Å². The van der Waals surface area contributed by atoms with Gasteiger partial charge in [0.25, 0.3) is 0 Å². The third kappa shape index (κ3) is 16.5. The third-order valence-electron chi connectivity index (χ3n) is 8.05. The fraction of sp³-hybridized carbons (Fsp3) is 0.538. The van der Waals surface area contributed by atoms with E-state index in [0.29, 0.717) is 23.1 Å². The largest absolute Gasteiger partial charge is 0.508 e. The number of hydrogen-bond acceptors (Lipinski definition) is 9. The number of aryl methyl sites for hydroxylation is 2. The van der Waals surface area contributed by atoms with Crippen molar-refractivity contribution >= 4 is 35.4 Å². The molecule has 0 saturated carbocycles. The van der Waals surface area contributed by atoms with Crippen molar-refractivity contribution in [3.63, 3.8) is 0 Å². The zero-order valence-corrected chi connectivity index (χ0v) is 31.1. The molecule has 0 aliphatic heterocycles. The van der Waals surface area contributed by atoms with E-state index in [2.05, 4.69) is 15.6 Å². The van der Waals surface area contributed by atoms with Gasteiger partial charge in [0, 0.05) is 35.3 Å². The molecule has 0 bridgehead atoms. The summed E-state index contributed by atoms with van der Waals surface area (Å²) in [4.78, 5) is 72.5. The molecule has 0 saturated heterocycles. The number of aliphatic imine (C=N–C) groups is 1. The number of nitrogens with two attached hydrogens (primary N) is 4. The fourth-order valence-corrected chi connectivity index (χ4v) is 5.50. The molecular weight excluding hydrogens is 678 g/mol. The number of Topliss-reactive ketones (excluding diaryl/α,β-unsaturated/α-hetero) is 2. The maximum Gasteiger partial charge on any atom is 0.408 e. The highest BCUT2D eigenvalue weighted by Crippen LogP contribution is 2.26. The number of aromatic hydroxyl groups is 1. The van der Waals surface area contributed by atoms with E-state index in [1.165, 1.54) is 12.1 Å². The average molecular weight is 746 g/mol. The van der Waals surface area contributed by atoms with Crippen LogP contribution in [0.3, 0.4) is 0 Å². The number of primary amides is 1. The second-order valence-corrected chi connectivity index (χ2v) is 13.7. The zero-order valence-electron chi connectivity index (χ0n) is 39.1. The summed E-state index contributed by atoms with van der Waals surface area (Å²) in [6, 6.07) is -4.60. The van der Waals surface area contributed by atoms with Crippen molar-refractivity contribution in [2.75, 3.05) is 13.1 Å². The topological polar surface area (TPSA) is 255 Å². The number of phenols is 1. The van der Waals surface area contributed by atoms with Crippen LogP contribution in [-0.4, -0.2) is 71.3 Å². The quantitative estimate of drug-likeness (QED) is 0.0527. The first-order valence-electron chi connectivity index (χ1n) is 21.4. The summed E-state index contributed by atoms with van der Waals surface area (Å²) in [5.41, 5.74) is 21.9. The van der Waals surface area contributed by atoms with Gasteiger partial charge < -0.3 is 43.4 Å². The summed E-state index contributed by atoms with van der Waals surface area (Å²) in [5.74, 6) is -8.90. The number of unbranched alkanes of at least 4 members (excludes halogenated alkanes) is 1. The molecular formula is C39H59N7O7. The van der Waals surface area contributed by atoms with Gasteiger partial charge in [-0.05, 0) is 120 Å². The van der Waals surface area contributed by atoms with Crippen molar-refractivity contribution in [2.45, 2.75) is 110 Å². The van der Waals surface area contributed by atoms with Gasteiger partial charge in [-0.3, -0.25) is 24.2 Å². The van der Waals surface area contributed by atoms with Crippen LogP contribution in [0, 0.1) is 25.7 Å². The Morgan fingerprint density at radius 2 is 1.51 bits per heavy atom. The molecule has 3 amide bonds. The first kappa shape index (κ1) is 32.7. The molecule has 0 heterocycles. The van der Waals surface area contributed by atoms with Crippen molar-refractivity contribution in [3.8, 4) is 5.75 Å². The Bertz CT molecular complexity index is 1940. The minimum absolute atomic E-state index is 0.0371. The van der Waals surface area contributed by atoms with Gasteiger partial charge >= 0.3 is 6.09 Å². The molecule has 2 aromatic carbocycles. The molecule has 0 aliphatic rings. The molecule has 14 nitrogen and oxygen atoms in total. The van der Waals surface area contributed by atoms with Gasteiger partial charge in [-0.15, -0.1) is 0 Å². The Balaban J connectivity index is 2.65. The average Bonchev–Trinajstić information content (AvgIpc) is 3.13. The van der Waals surface area contributed by atoms with Gasteiger partial charge in [0.1, 0.15) is 11.4 Å². The molecule has 4 atom stereocenters. The number of benzene rings is 2. The number of amides is 3. The smallest absolute Gasteiger partial charge is 0.408 e. The van der Waals surface area contributed by atoms with Crippen molar-refractivity contribution in [1.82, 2.24) is 10.6 Å². The number of phenolic OH excluding ortho intramolecular Hbond substituents is 1. The molecule has 0 spiro atoms. The van der Waals surface area contributed by atoms with Crippen LogP contribution in [0.5, 0.6) is 5.75 Å². The van der Waals surface area contributed by atoms with Crippen LogP contribution < -0.4 is 33.6 Å². The lowest BCUT2D eigenvalue weighted by molar-refractivity contribution is -0.134. The van der Waals surface area contributed by atoms with E-state index in [-0.39, 0.29) is 56.9 Å². The normalized spacial score (nSPS) is 16.6. The van der Waals surface area contributed by atoms with Gasteiger partial charge in [0.2, 0.25) is 11.8 Å². The van der Waals surface area contributed by atoms with E-state index in [1.54, 1.807) is 34.6 Å². The minimum atomic E-state index is -3.44. The molecule has 0 radical (unpaired) electrons. The highest BCUT2D eigenvalue weighted by molar-refractivity contribution is 5.95. The highest BCUT2D eigenvalue weighted by atomic mass is 16.6. The second-order valence-electron chi connectivity index (χ2n) is 13.7. The predicted octanol–water partition coefficient (Wildman–Crippen LogP) is 2.99. The number of carbonyl (C=O) groups excluding carboxylic acids is 5. The molecule has 292 valence electrons. The van der Waals surface area contributed by atoms with Crippen LogP contribution in [-0.2, 0) is 36.7 Å². The minimum Gasteiger partial charge on any atom is -0.508 e. The third-order valence-corrected chi connectivity index (χ3v) is 8.05. The fourth-order valence-electron chi connectivity index (χ4n) is 5.50. The van der Waals surface area contributed by atoms with Crippen LogP contribution in [0.4, 0.5) is 4.79 Å². The lowest BCUT2D eigenvalue weighted by Gasteiger charge is -2.26. The second kappa shape index (κ2) is 21.5. The Morgan fingerprint density at radius 1 is 0.925 bits per heavy atom. The van der Waals surface area contributed by atoms with Crippen LogP contribution >= 0.6 is 0 Å². The number of hydrogen-bond donors (Lipinski definition) is 7. The molecule has 0 aliphatic carbocycles. The molecule has 2 aromatic rings. The monoisotopic (exact) mass is 745 g/mol. The summed E-state index contributed by atoms with van der Waals surface area (Å²) < 4.78 is 72.5. The van der Waals surface area contributed by atoms with Crippen molar-refractivity contribution in [3.05, 3.63) is 64.6 Å².